The molecule has 0 spiro atoms. The summed E-state index contributed by atoms with van der Waals surface area (Å²) in [6.07, 6.45) is 9.46. The first-order valence-electron chi connectivity index (χ1n) is 13.0. The maximum atomic E-state index is 12.6. The topological polar surface area (TPSA) is 102 Å². The van der Waals surface area contributed by atoms with E-state index in [1.165, 1.54) is 5.56 Å². The van der Waals surface area contributed by atoms with E-state index in [9.17, 15) is 4.79 Å². The summed E-state index contributed by atoms with van der Waals surface area (Å²) < 4.78 is 13.1. The van der Waals surface area contributed by atoms with E-state index in [1.54, 1.807) is 11.3 Å². The highest BCUT2D eigenvalue weighted by Gasteiger charge is 2.20. The van der Waals surface area contributed by atoms with Gasteiger partial charge in [-0.25, -0.2) is 4.98 Å². The molecule has 2 aromatic carbocycles. The number of hydrogen-bond donors (Lipinski definition) is 2. The van der Waals surface area contributed by atoms with Crippen LogP contribution in [0.1, 0.15) is 36.1 Å². The van der Waals surface area contributed by atoms with Gasteiger partial charge < -0.3 is 19.8 Å². The second-order valence-corrected chi connectivity index (χ2v) is 10.6. The van der Waals surface area contributed by atoms with Crippen molar-refractivity contribution in [3.63, 3.8) is 0 Å². The van der Waals surface area contributed by atoms with Crippen molar-refractivity contribution in [3.05, 3.63) is 89.2 Å². The summed E-state index contributed by atoms with van der Waals surface area (Å²) in [7, 11) is 0. The fourth-order valence-corrected chi connectivity index (χ4v) is 5.77. The molecule has 6 rings (SSSR count). The Bertz CT molecular complexity index is 1470. The Kier molecular flexibility index (Phi) is 7.39. The van der Waals surface area contributed by atoms with Gasteiger partial charge in [-0.3, -0.25) is 4.79 Å². The molecule has 8 nitrogen and oxygen atoms in total. The minimum absolute atomic E-state index is 0.0122. The van der Waals surface area contributed by atoms with E-state index >= 15 is 0 Å². The number of rotatable bonds is 8. The van der Waals surface area contributed by atoms with E-state index in [1.807, 2.05) is 42.5 Å². The van der Waals surface area contributed by atoms with Gasteiger partial charge >= 0.3 is 0 Å². The molecule has 0 saturated carbocycles. The first-order chi connectivity index (χ1) is 18.7. The second-order valence-electron chi connectivity index (χ2n) is 9.53. The zero-order valence-corrected chi connectivity index (χ0v) is 21.7. The summed E-state index contributed by atoms with van der Waals surface area (Å²) in [5.41, 5.74) is 4.02. The van der Waals surface area contributed by atoms with Gasteiger partial charge in [0.15, 0.2) is 0 Å². The maximum Gasteiger partial charge on any atom is 0.233 e. The Labute approximate surface area is 224 Å². The minimum atomic E-state index is -0.202. The third-order valence-electron chi connectivity index (χ3n) is 6.63. The molecule has 1 fully saturated rings. The maximum absolute atomic E-state index is 12.6. The first-order valence-corrected chi connectivity index (χ1v) is 13.8. The van der Waals surface area contributed by atoms with Crippen LogP contribution in [-0.4, -0.2) is 46.4 Å². The minimum Gasteiger partial charge on any atom is -0.424 e. The quantitative estimate of drug-likeness (QED) is 0.346. The monoisotopic (exact) mass is 527 g/mol. The zero-order chi connectivity index (χ0) is 25.7. The van der Waals surface area contributed by atoms with Crippen molar-refractivity contribution in [3.8, 4) is 11.1 Å². The Hall–Kier alpha value is -3.66. The molecule has 4 aromatic rings. The SMILES string of the molecule is O=C(Cc1nnc(Cc2nc3ccc(-c4ccccc4)cc3s2)o1)NC1=CC(OC2CCNCC2)CC=C1. The summed E-state index contributed by atoms with van der Waals surface area (Å²) in [6.45, 7) is 1.97. The van der Waals surface area contributed by atoms with Gasteiger partial charge in [0.25, 0.3) is 0 Å². The fourth-order valence-electron chi connectivity index (χ4n) is 4.77. The molecule has 1 aliphatic carbocycles. The van der Waals surface area contributed by atoms with Crippen LogP contribution >= 0.6 is 11.3 Å². The van der Waals surface area contributed by atoms with Crippen LogP contribution in [0.3, 0.4) is 0 Å². The van der Waals surface area contributed by atoms with Gasteiger partial charge in [0.05, 0.1) is 28.8 Å². The molecule has 0 radical (unpaired) electrons. The Morgan fingerprint density at radius 1 is 1.08 bits per heavy atom. The lowest BCUT2D eigenvalue weighted by Crippen LogP contribution is -2.35. The number of nitrogens with one attached hydrogen (secondary N) is 2. The average molecular weight is 528 g/mol. The Morgan fingerprint density at radius 2 is 1.92 bits per heavy atom. The van der Waals surface area contributed by atoms with Crippen LogP contribution in [0.4, 0.5) is 0 Å². The molecular formula is C29H29N5O3S. The van der Waals surface area contributed by atoms with E-state index in [4.69, 9.17) is 14.1 Å². The molecule has 2 aliphatic rings. The van der Waals surface area contributed by atoms with E-state index in [0.29, 0.717) is 12.3 Å². The number of carbonyl (C=O) groups excluding carboxylic acids is 1. The molecular weight excluding hydrogens is 498 g/mol. The van der Waals surface area contributed by atoms with Gasteiger partial charge in [-0.15, -0.1) is 21.5 Å². The number of allylic oxidation sites excluding steroid dienone is 1. The molecule has 194 valence electrons. The molecule has 1 amide bonds. The molecule has 9 heteroatoms. The van der Waals surface area contributed by atoms with Gasteiger partial charge in [-0.1, -0.05) is 42.5 Å². The smallest absolute Gasteiger partial charge is 0.233 e. The van der Waals surface area contributed by atoms with Crippen LogP contribution in [-0.2, 0) is 22.4 Å². The van der Waals surface area contributed by atoms with Crippen molar-refractivity contribution in [2.45, 2.75) is 44.3 Å². The summed E-state index contributed by atoms with van der Waals surface area (Å²) >= 11 is 1.61. The van der Waals surface area contributed by atoms with Crippen LogP contribution in [0.5, 0.6) is 0 Å². The van der Waals surface area contributed by atoms with E-state index in [2.05, 4.69) is 45.1 Å². The molecule has 3 heterocycles. The van der Waals surface area contributed by atoms with Crippen molar-refractivity contribution in [1.29, 1.82) is 0 Å². The number of amides is 1. The molecule has 0 bridgehead atoms. The molecule has 1 saturated heterocycles. The number of benzene rings is 2. The number of thiazole rings is 1. The van der Waals surface area contributed by atoms with Crippen LogP contribution < -0.4 is 10.6 Å². The number of hydrogen-bond acceptors (Lipinski definition) is 8. The number of ether oxygens (including phenoxy) is 1. The Balaban J connectivity index is 1.05. The number of fused-ring (bicyclic) bond motifs is 1. The number of piperidine rings is 1. The van der Waals surface area contributed by atoms with Gasteiger partial charge in [0.1, 0.15) is 11.4 Å². The third-order valence-corrected chi connectivity index (χ3v) is 7.65. The standard InChI is InChI=1S/C29H29N5O3S/c35-26(31-21-7-4-8-23(16-21)36-22-11-13-30-14-12-22)17-27-33-34-28(37-27)18-29-32-24-10-9-20(15-25(24)38-29)19-5-2-1-3-6-19/h1-7,9-10,15-16,22-23,30H,8,11-14,17-18H2,(H,31,35). The molecule has 2 aromatic heterocycles. The number of nitrogens with zero attached hydrogens (tertiary/aromatic N) is 3. The van der Waals surface area contributed by atoms with E-state index in [0.717, 1.165) is 58.8 Å². The van der Waals surface area contributed by atoms with Crippen molar-refractivity contribution in [1.82, 2.24) is 25.8 Å². The van der Waals surface area contributed by atoms with Crippen molar-refractivity contribution in [2.75, 3.05) is 13.1 Å². The predicted octanol–water partition coefficient (Wildman–Crippen LogP) is 4.58. The second kappa shape index (κ2) is 11.4. The van der Waals surface area contributed by atoms with Crippen molar-refractivity contribution < 1.29 is 13.9 Å². The first kappa shape index (κ1) is 24.7. The molecule has 1 unspecified atom stereocenters. The molecule has 1 aliphatic heterocycles. The van der Waals surface area contributed by atoms with Gasteiger partial charge in [0.2, 0.25) is 17.7 Å². The molecule has 1 atom stereocenters. The van der Waals surface area contributed by atoms with E-state index < -0.39 is 0 Å². The lowest BCUT2D eigenvalue weighted by molar-refractivity contribution is -0.120. The molecule has 2 N–H and O–H groups in total. The van der Waals surface area contributed by atoms with Crippen LogP contribution in [0.15, 0.2) is 76.9 Å². The van der Waals surface area contributed by atoms with Gasteiger partial charge in [-0.2, -0.15) is 0 Å². The number of carbonyl (C=O) groups is 1. The average Bonchev–Trinajstić information content (AvgIpc) is 3.55. The summed E-state index contributed by atoms with van der Waals surface area (Å²) in [5.74, 6) is 0.530. The summed E-state index contributed by atoms with van der Waals surface area (Å²) in [6, 6.07) is 16.6. The normalized spacial score (nSPS) is 18.0. The molecule has 38 heavy (non-hydrogen) atoms. The highest BCUT2D eigenvalue weighted by atomic mass is 32.1. The predicted molar refractivity (Wildman–Crippen MR) is 147 cm³/mol. The number of aromatic nitrogens is 3. The van der Waals surface area contributed by atoms with Gasteiger partial charge in [-0.05, 0) is 67.8 Å². The largest absolute Gasteiger partial charge is 0.424 e. The van der Waals surface area contributed by atoms with Crippen molar-refractivity contribution >= 4 is 27.5 Å². The highest BCUT2D eigenvalue weighted by Crippen LogP contribution is 2.29. The Morgan fingerprint density at radius 3 is 2.79 bits per heavy atom. The van der Waals surface area contributed by atoms with Crippen molar-refractivity contribution in [2.24, 2.45) is 0 Å². The third kappa shape index (κ3) is 6.07. The van der Waals surface area contributed by atoms with Crippen LogP contribution in [0.2, 0.25) is 0 Å². The van der Waals surface area contributed by atoms with Gasteiger partial charge in [0, 0.05) is 5.70 Å². The summed E-state index contributed by atoms with van der Waals surface area (Å²) in [5, 5.41) is 15.4. The summed E-state index contributed by atoms with van der Waals surface area (Å²) in [4.78, 5) is 17.4. The lowest BCUT2D eigenvalue weighted by atomic mass is 10.1. The zero-order valence-electron chi connectivity index (χ0n) is 20.9. The highest BCUT2D eigenvalue weighted by molar-refractivity contribution is 7.18. The van der Waals surface area contributed by atoms with Crippen LogP contribution in [0.25, 0.3) is 21.3 Å². The van der Waals surface area contributed by atoms with E-state index in [-0.39, 0.29) is 30.4 Å². The van der Waals surface area contributed by atoms with Crippen LogP contribution in [0, 0.1) is 0 Å². The lowest BCUT2D eigenvalue weighted by Gasteiger charge is -2.27. The fraction of sp³-hybridized carbons (Fsp3) is 0.310.